The van der Waals surface area contributed by atoms with Crippen LogP contribution in [0.5, 0.6) is 0 Å². The minimum absolute atomic E-state index is 0.469. The normalized spacial score (nSPS) is 12.3. The van der Waals surface area contributed by atoms with E-state index in [0.29, 0.717) is 5.75 Å². The molecule has 0 amide bonds. The SMILES string of the molecule is NC(CSCSCc1ccccc1)C(=O)O. The van der Waals surface area contributed by atoms with Gasteiger partial charge in [0.1, 0.15) is 6.04 Å². The van der Waals surface area contributed by atoms with E-state index in [0.717, 1.165) is 10.8 Å². The summed E-state index contributed by atoms with van der Waals surface area (Å²) in [5, 5.41) is 9.44. The van der Waals surface area contributed by atoms with Gasteiger partial charge in [-0.1, -0.05) is 30.3 Å². The van der Waals surface area contributed by atoms with Crippen LogP contribution in [-0.2, 0) is 10.5 Å². The Morgan fingerprint density at radius 2 is 2.00 bits per heavy atom. The Kier molecular flexibility index (Phi) is 6.37. The Hall–Kier alpha value is -0.650. The Balaban J connectivity index is 2.07. The lowest BCUT2D eigenvalue weighted by atomic mass is 10.2. The molecule has 3 N–H and O–H groups in total. The third-order valence-electron chi connectivity index (χ3n) is 1.89. The molecule has 0 saturated carbocycles. The second kappa shape index (κ2) is 7.60. The lowest BCUT2D eigenvalue weighted by Crippen LogP contribution is -2.32. The molecule has 0 heterocycles. The topological polar surface area (TPSA) is 63.3 Å². The first kappa shape index (κ1) is 13.4. The fraction of sp³-hybridized carbons (Fsp3) is 0.364. The van der Waals surface area contributed by atoms with Gasteiger partial charge >= 0.3 is 5.97 Å². The van der Waals surface area contributed by atoms with Crippen molar-refractivity contribution >= 4 is 29.5 Å². The second-order valence-electron chi connectivity index (χ2n) is 3.27. The molecule has 0 radical (unpaired) electrons. The van der Waals surface area contributed by atoms with Crippen molar-refractivity contribution in [3.05, 3.63) is 35.9 Å². The summed E-state index contributed by atoms with van der Waals surface area (Å²) in [4.78, 5) is 10.4. The summed E-state index contributed by atoms with van der Waals surface area (Å²) in [6.07, 6.45) is 0. The monoisotopic (exact) mass is 257 g/mol. The molecule has 5 heteroatoms. The maximum Gasteiger partial charge on any atom is 0.321 e. The highest BCUT2D eigenvalue weighted by molar-refractivity contribution is 8.15. The van der Waals surface area contributed by atoms with Crippen LogP contribution in [0.25, 0.3) is 0 Å². The van der Waals surface area contributed by atoms with Crippen LogP contribution >= 0.6 is 23.5 Å². The van der Waals surface area contributed by atoms with Crippen LogP contribution in [0.1, 0.15) is 5.56 Å². The largest absolute Gasteiger partial charge is 0.480 e. The van der Waals surface area contributed by atoms with Gasteiger partial charge in [-0.05, 0) is 5.56 Å². The Bertz CT molecular complexity index is 319. The molecular formula is C11H15NO2S2. The van der Waals surface area contributed by atoms with Gasteiger partial charge < -0.3 is 10.8 Å². The summed E-state index contributed by atoms with van der Waals surface area (Å²) in [5.74, 6) is 0.494. The van der Waals surface area contributed by atoms with Crippen molar-refractivity contribution in [2.24, 2.45) is 5.73 Å². The van der Waals surface area contributed by atoms with Crippen LogP contribution in [0.4, 0.5) is 0 Å². The van der Waals surface area contributed by atoms with Crippen molar-refractivity contribution in [2.45, 2.75) is 11.8 Å². The smallest absolute Gasteiger partial charge is 0.321 e. The van der Waals surface area contributed by atoms with Gasteiger partial charge in [0.25, 0.3) is 0 Å². The van der Waals surface area contributed by atoms with Gasteiger partial charge in [-0.3, -0.25) is 4.79 Å². The summed E-state index contributed by atoms with van der Waals surface area (Å²) in [6, 6.07) is 9.45. The molecule has 0 spiro atoms. The van der Waals surface area contributed by atoms with E-state index >= 15 is 0 Å². The van der Waals surface area contributed by atoms with Crippen molar-refractivity contribution in [2.75, 3.05) is 10.8 Å². The fourth-order valence-corrected chi connectivity index (χ4v) is 3.05. The highest BCUT2D eigenvalue weighted by atomic mass is 32.2. The number of nitrogens with two attached hydrogens (primary N) is 1. The van der Waals surface area contributed by atoms with E-state index in [9.17, 15) is 4.79 Å². The number of benzene rings is 1. The Labute approximate surface area is 104 Å². The maximum atomic E-state index is 10.4. The van der Waals surface area contributed by atoms with Crippen LogP contribution in [-0.4, -0.2) is 28.0 Å². The molecule has 0 bridgehead atoms. The molecule has 1 aromatic carbocycles. The molecule has 1 atom stereocenters. The number of carbonyl (C=O) groups is 1. The van der Waals surface area contributed by atoms with Crippen molar-refractivity contribution in [3.63, 3.8) is 0 Å². The lowest BCUT2D eigenvalue weighted by molar-refractivity contribution is -0.137. The number of thioether (sulfide) groups is 2. The third kappa shape index (κ3) is 5.44. The van der Waals surface area contributed by atoms with E-state index in [2.05, 4.69) is 12.1 Å². The second-order valence-corrected chi connectivity index (χ2v) is 5.65. The van der Waals surface area contributed by atoms with Crippen LogP contribution in [0.2, 0.25) is 0 Å². The number of hydrogen-bond donors (Lipinski definition) is 2. The molecule has 0 aliphatic carbocycles. The Morgan fingerprint density at radius 3 is 2.62 bits per heavy atom. The first-order chi connectivity index (χ1) is 7.70. The summed E-state index contributed by atoms with van der Waals surface area (Å²) in [6.45, 7) is 0. The molecule has 1 aromatic rings. The van der Waals surface area contributed by atoms with Crippen LogP contribution < -0.4 is 5.73 Å². The van der Waals surface area contributed by atoms with Gasteiger partial charge in [0.15, 0.2) is 0 Å². The molecular weight excluding hydrogens is 242 g/mol. The van der Waals surface area contributed by atoms with E-state index in [1.165, 1.54) is 5.56 Å². The summed E-state index contributed by atoms with van der Waals surface area (Å²) in [7, 11) is 0. The quantitative estimate of drug-likeness (QED) is 0.578. The standard InChI is InChI=1S/C11H15NO2S2/c12-10(11(13)14)7-16-8-15-6-9-4-2-1-3-5-9/h1-5,10H,6-8,12H2,(H,13,14). The van der Waals surface area contributed by atoms with Gasteiger partial charge in [-0.2, -0.15) is 0 Å². The summed E-state index contributed by atoms with van der Waals surface area (Å²) in [5.41, 5.74) is 6.67. The van der Waals surface area contributed by atoms with E-state index in [-0.39, 0.29) is 0 Å². The van der Waals surface area contributed by atoms with Crippen LogP contribution in [0.3, 0.4) is 0 Å². The molecule has 0 aromatic heterocycles. The number of rotatable bonds is 7. The average molecular weight is 257 g/mol. The summed E-state index contributed by atoms with van der Waals surface area (Å²) < 4.78 is 0. The minimum atomic E-state index is -0.930. The molecule has 1 rings (SSSR count). The number of aliphatic carboxylic acids is 1. The number of hydrogen-bond acceptors (Lipinski definition) is 4. The van der Waals surface area contributed by atoms with Crippen molar-refractivity contribution < 1.29 is 9.90 Å². The first-order valence-corrected chi connectivity index (χ1v) is 7.19. The maximum absolute atomic E-state index is 10.4. The Morgan fingerprint density at radius 1 is 1.31 bits per heavy atom. The van der Waals surface area contributed by atoms with Gasteiger partial charge in [-0.15, -0.1) is 23.5 Å². The highest BCUT2D eigenvalue weighted by Crippen LogP contribution is 2.17. The van der Waals surface area contributed by atoms with E-state index in [1.54, 1.807) is 23.5 Å². The molecule has 0 fully saturated rings. The van der Waals surface area contributed by atoms with Crippen LogP contribution in [0.15, 0.2) is 30.3 Å². The van der Waals surface area contributed by atoms with E-state index < -0.39 is 12.0 Å². The molecule has 1 unspecified atom stereocenters. The van der Waals surface area contributed by atoms with Crippen molar-refractivity contribution in [3.8, 4) is 0 Å². The molecule has 88 valence electrons. The highest BCUT2D eigenvalue weighted by Gasteiger charge is 2.10. The minimum Gasteiger partial charge on any atom is -0.480 e. The fourth-order valence-electron chi connectivity index (χ4n) is 1.04. The molecule has 16 heavy (non-hydrogen) atoms. The van der Waals surface area contributed by atoms with Gasteiger partial charge in [-0.25, -0.2) is 0 Å². The first-order valence-electron chi connectivity index (χ1n) is 4.88. The predicted octanol–water partition coefficient (Wildman–Crippen LogP) is 2.02. The third-order valence-corrected chi connectivity index (χ3v) is 4.36. The van der Waals surface area contributed by atoms with Gasteiger partial charge in [0.05, 0.1) is 0 Å². The van der Waals surface area contributed by atoms with Crippen LogP contribution in [0, 0.1) is 0 Å². The molecule has 0 aliphatic rings. The van der Waals surface area contributed by atoms with Gasteiger partial charge in [0, 0.05) is 16.6 Å². The zero-order chi connectivity index (χ0) is 11.8. The number of carboxylic acid groups (broad SMARTS) is 1. The zero-order valence-electron chi connectivity index (χ0n) is 8.83. The van der Waals surface area contributed by atoms with E-state index in [1.807, 2.05) is 18.2 Å². The molecule has 0 aliphatic heterocycles. The predicted molar refractivity (Wildman–Crippen MR) is 70.7 cm³/mol. The lowest BCUT2D eigenvalue weighted by Gasteiger charge is -2.05. The van der Waals surface area contributed by atoms with Gasteiger partial charge in [0.2, 0.25) is 0 Å². The van der Waals surface area contributed by atoms with Crippen molar-refractivity contribution in [1.29, 1.82) is 0 Å². The molecule has 3 nitrogen and oxygen atoms in total. The number of carboxylic acids is 1. The summed E-state index contributed by atoms with van der Waals surface area (Å²) >= 11 is 3.34. The zero-order valence-corrected chi connectivity index (χ0v) is 10.5. The van der Waals surface area contributed by atoms with Crippen molar-refractivity contribution in [1.82, 2.24) is 0 Å². The molecule has 0 saturated heterocycles. The van der Waals surface area contributed by atoms with E-state index in [4.69, 9.17) is 10.8 Å². The average Bonchev–Trinajstić information content (AvgIpc) is 2.29.